The van der Waals surface area contributed by atoms with Gasteiger partial charge in [0, 0.05) is 18.3 Å². The number of ether oxygens (including phenoxy) is 1. The molecular weight excluding hydrogens is 415 g/mol. The summed E-state index contributed by atoms with van der Waals surface area (Å²) in [5.41, 5.74) is 1.97. The second kappa shape index (κ2) is 9.83. The molecule has 31 heavy (non-hydrogen) atoms. The summed E-state index contributed by atoms with van der Waals surface area (Å²) >= 11 is 1.59. The van der Waals surface area contributed by atoms with Gasteiger partial charge in [0.1, 0.15) is 0 Å². The van der Waals surface area contributed by atoms with Gasteiger partial charge in [-0.1, -0.05) is 30.1 Å². The number of unbranched alkanes of at least 4 members (excludes halogenated alkanes) is 1. The quantitative estimate of drug-likeness (QED) is 0.302. The zero-order chi connectivity index (χ0) is 21.8. The van der Waals surface area contributed by atoms with E-state index < -0.39 is 0 Å². The van der Waals surface area contributed by atoms with Crippen LogP contribution in [0.15, 0.2) is 42.5 Å². The highest BCUT2D eigenvalue weighted by Gasteiger charge is 2.34. The van der Waals surface area contributed by atoms with Crippen LogP contribution < -0.4 is 9.46 Å². The van der Waals surface area contributed by atoms with Crippen molar-refractivity contribution in [2.24, 2.45) is 5.92 Å². The van der Waals surface area contributed by atoms with E-state index in [0.717, 1.165) is 24.2 Å². The molecule has 0 saturated heterocycles. The third kappa shape index (κ3) is 5.28. The number of benzene rings is 2. The fraction of sp³-hybridized carbons (Fsp3) is 0.417. The summed E-state index contributed by atoms with van der Waals surface area (Å²) in [4.78, 5) is 26.1. The second-order valence-electron chi connectivity index (χ2n) is 8.15. The van der Waals surface area contributed by atoms with Gasteiger partial charge < -0.3 is 4.74 Å². The van der Waals surface area contributed by atoms with Crippen LogP contribution in [0.25, 0.3) is 0 Å². The number of carbonyl (C=O) groups excluding carboxylic acids is 2. The van der Waals surface area contributed by atoms with Gasteiger partial charge in [-0.2, -0.15) is 0 Å². The fourth-order valence-corrected chi connectivity index (χ4v) is 4.38. The maximum Gasteiger partial charge on any atom is 0.261 e. The Labute approximate surface area is 186 Å². The van der Waals surface area contributed by atoms with Crippen molar-refractivity contribution >= 4 is 23.8 Å². The normalized spacial score (nSPS) is 16.5. The highest BCUT2D eigenvalue weighted by molar-refractivity contribution is 7.97. The van der Waals surface area contributed by atoms with Crippen LogP contribution in [0.3, 0.4) is 0 Å². The van der Waals surface area contributed by atoms with Gasteiger partial charge in [-0.3, -0.25) is 19.2 Å². The molecule has 1 fully saturated rings. The molecule has 0 spiro atoms. The van der Waals surface area contributed by atoms with Gasteiger partial charge in [-0.25, -0.2) is 4.39 Å². The van der Waals surface area contributed by atoms with Crippen LogP contribution >= 0.6 is 11.9 Å². The number of amides is 2. The highest BCUT2D eigenvalue weighted by Crippen LogP contribution is 2.31. The minimum Gasteiger partial charge on any atom is -0.490 e. The predicted octanol–water partition coefficient (Wildman–Crippen LogP) is 4.99. The van der Waals surface area contributed by atoms with Crippen molar-refractivity contribution in [2.75, 3.05) is 18.9 Å². The molecule has 2 amide bonds. The van der Waals surface area contributed by atoms with Crippen molar-refractivity contribution in [3.8, 4) is 5.75 Å². The topological polar surface area (TPSA) is 58.6 Å². The first kappa shape index (κ1) is 21.8. The first-order chi connectivity index (χ1) is 15.0. The van der Waals surface area contributed by atoms with E-state index in [2.05, 4.69) is 4.72 Å². The predicted molar refractivity (Wildman–Crippen MR) is 120 cm³/mol. The van der Waals surface area contributed by atoms with Gasteiger partial charge in [0.05, 0.1) is 17.7 Å². The molecule has 4 rings (SSSR count). The Bertz CT molecular complexity index is 929. The summed E-state index contributed by atoms with van der Waals surface area (Å²) < 4.78 is 23.0. The lowest BCUT2D eigenvalue weighted by Gasteiger charge is -2.16. The molecule has 1 N–H and O–H groups in total. The van der Waals surface area contributed by atoms with Crippen molar-refractivity contribution in [3.63, 3.8) is 0 Å². The third-order valence-corrected chi connectivity index (χ3v) is 6.66. The summed E-state index contributed by atoms with van der Waals surface area (Å²) in [5.74, 6) is 1.03. The van der Waals surface area contributed by atoms with E-state index in [1.165, 1.54) is 23.8 Å². The van der Waals surface area contributed by atoms with Crippen molar-refractivity contribution in [1.29, 1.82) is 0 Å². The lowest BCUT2D eigenvalue weighted by atomic mass is 10.1. The Kier molecular flexibility index (Phi) is 6.92. The number of imide groups is 1. The molecule has 0 bridgehead atoms. The zero-order valence-corrected chi connectivity index (χ0v) is 18.4. The van der Waals surface area contributed by atoms with Crippen LogP contribution in [-0.4, -0.2) is 35.6 Å². The molecule has 1 aliphatic carbocycles. The van der Waals surface area contributed by atoms with Crippen LogP contribution in [-0.2, 0) is 0 Å². The van der Waals surface area contributed by atoms with Crippen LogP contribution in [0.4, 0.5) is 4.39 Å². The molecule has 164 valence electrons. The summed E-state index contributed by atoms with van der Waals surface area (Å²) in [7, 11) is 0. The van der Waals surface area contributed by atoms with Crippen molar-refractivity contribution in [3.05, 3.63) is 65.0 Å². The van der Waals surface area contributed by atoms with E-state index >= 15 is 0 Å². The summed E-state index contributed by atoms with van der Waals surface area (Å²) in [6.07, 6.45) is 3.97. The van der Waals surface area contributed by atoms with E-state index in [1.54, 1.807) is 48.3 Å². The Balaban J connectivity index is 1.17. The number of nitrogens with one attached hydrogen (secondary N) is 1. The molecule has 7 heteroatoms. The van der Waals surface area contributed by atoms with E-state index in [4.69, 9.17) is 4.74 Å². The van der Waals surface area contributed by atoms with Gasteiger partial charge in [-0.05, 0) is 68.4 Å². The third-order valence-electron chi connectivity index (χ3n) is 5.64. The van der Waals surface area contributed by atoms with Gasteiger partial charge in [0.25, 0.3) is 11.8 Å². The molecule has 0 radical (unpaired) electrons. The molecule has 1 aliphatic heterocycles. The van der Waals surface area contributed by atoms with Crippen LogP contribution in [0.5, 0.6) is 5.75 Å². The Morgan fingerprint density at radius 2 is 1.84 bits per heavy atom. The van der Waals surface area contributed by atoms with E-state index in [0.29, 0.717) is 35.9 Å². The second-order valence-corrected chi connectivity index (χ2v) is 9.08. The minimum atomic E-state index is -0.322. The van der Waals surface area contributed by atoms with Crippen molar-refractivity contribution < 1.29 is 18.7 Å². The van der Waals surface area contributed by atoms with Crippen LogP contribution in [0.1, 0.15) is 64.9 Å². The van der Waals surface area contributed by atoms with Crippen molar-refractivity contribution in [2.45, 2.75) is 38.6 Å². The number of carbonyl (C=O) groups is 2. The monoisotopic (exact) mass is 442 g/mol. The van der Waals surface area contributed by atoms with Gasteiger partial charge in [-0.15, -0.1) is 0 Å². The SMILES string of the molecule is CC(NSCCCCN1C(=O)c2ccccc2C1=O)c1ccc(F)c(OCC2CC2)c1. The molecule has 0 aromatic heterocycles. The summed E-state index contributed by atoms with van der Waals surface area (Å²) in [6.45, 7) is 3.05. The Hall–Kier alpha value is -2.38. The average molecular weight is 443 g/mol. The minimum absolute atomic E-state index is 0.0464. The molecule has 2 aromatic rings. The van der Waals surface area contributed by atoms with Gasteiger partial charge >= 0.3 is 0 Å². The highest BCUT2D eigenvalue weighted by atomic mass is 32.2. The maximum absolute atomic E-state index is 14.0. The molecule has 2 aromatic carbocycles. The van der Waals surface area contributed by atoms with E-state index in [-0.39, 0.29) is 23.7 Å². The summed E-state index contributed by atoms with van der Waals surface area (Å²) in [5, 5.41) is 0. The average Bonchev–Trinajstić information content (AvgIpc) is 3.58. The molecular formula is C24H27FN2O3S. The Morgan fingerprint density at radius 1 is 1.13 bits per heavy atom. The fourth-order valence-electron chi connectivity index (χ4n) is 3.53. The van der Waals surface area contributed by atoms with Gasteiger partial charge in [0.2, 0.25) is 0 Å². The zero-order valence-electron chi connectivity index (χ0n) is 17.6. The number of halogens is 1. The van der Waals surface area contributed by atoms with E-state index in [1.807, 2.05) is 6.92 Å². The van der Waals surface area contributed by atoms with Crippen LogP contribution in [0.2, 0.25) is 0 Å². The first-order valence-electron chi connectivity index (χ1n) is 10.8. The number of nitrogens with zero attached hydrogens (tertiary/aromatic N) is 1. The summed E-state index contributed by atoms with van der Waals surface area (Å²) in [6, 6.07) is 12.0. The molecule has 5 nitrogen and oxygen atoms in total. The van der Waals surface area contributed by atoms with Crippen molar-refractivity contribution in [1.82, 2.24) is 9.62 Å². The van der Waals surface area contributed by atoms with E-state index in [9.17, 15) is 14.0 Å². The standard InChI is InChI=1S/C24H27FN2O3S/c1-16(18-10-11-21(25)22(14-18)30-15-17-8-9-17)26-31-13-5-4-12-27-23(28)19-6-2-3-7-20(19)24(27)29/h2-3,6-7,10-11,14,16-17,26H,4-5,8-9,12-13,15H2,1H3. The van der Waals surface area contributed by atoms with Crippen LogP contribution in [0, 0.1) is 11.7 Å². The first-order valence-corrected chi connectivity index (χ1v) is 11.8. The number of hydrogen-bond acceptors (Lipinski definition) is 5. The molecule has 1 unspecified atom stereocenters. The maximum atomic E-state index is 14.0. The lowest BCUT2D eigenvalue weighted by molar-refractivity contribution is 0.0652. The molecule has 1 heterocycles. The number of rotatable bonds is 11. The smallest absolute Gasteiger partial charge is 0.261 e. The lowest BCUT2D eigenvalue weighted by Crippen LogP contribution is -2.30. The number of hydrogen-bond donors (Lipinski definition) is 1. The largest absolute Gasteiger partial charge is 0.490 e. The van der Waals surface area contributed by atoms with Gasteiger partial charge in [0.15, 0.2) is 11.6 Å². The number of fused-ring (bicyclic) bond motifs is 1. The molecule has 1 saturated carbocycles. The molecule has 1 atom stereocenters. The Morgan fingerprint density at radius 3 is 2.52 bits per heavy atom. The molecule has 2 aliphatic rings.